The Balaban J connectivity index is 1.39. The zero-order chi connectivity index (χ0) is 27.1. The molecule has 37 heavy (non-hydrogen) atoms. The SMILES string of the molecule is N[C@@H](CC(=O)N1CCC[C@H]1CNC(=O)c1cc(S(N)(=O)=O)c(F)cc1F)[C@H]1CCc2cc(F)c(F)cc21. The van der Waals surface area contributed by atoms with E-state index in [-0.39, 0.29) is 30.9 Å². The first-order valence-corrected chi connectivity index (χ1v) is 13.2. The molecule has 2 aromatic rings. The van der Waals surface area contributed by atoms with Gasteiger partial charge in [-0.3, -0.25) is 9.59 Å². The van der Waals surface area contributed by atoms with Gasteiger partial charge in [-0.2, -0.15) is 0 Å². The summed E-state index contributed by atoms with van der Waals surface area (Å²) in [5.74, 6) is -6.14. The minimum absolute atomic E-state index is 0.0438. The van der Waals surface area contributed by atoms with E-state index >= 15 is 0 Å². The molecule has 13 heteroatoms. The van der Waals surface area contributed by atoms with E-state index in [4.69, 9.17) is 10.9 Å². The number of rotatable bonds is 7. The summed E-state index contributed by atoms with van der Waals surface area (Å²) < 4.78 is 78.2. The lowest BCUT2D eigenvalue weighted by atomic mass is 9.91. The number of aryl methyl sites for hydroxylation is 1. The molecule has 1 saturated heterocycles. The molecule has 0 unspecified atom stereocenters. The van der Waals surface area contributed by atoms with Crippen molar-refractivity contribution in [2.24, 2.45) is 10.9 Å². The number of likely N-dealkylation sites (tertiary alicyclic amines) is 1. The van der Waals surface area contributed by atoms with Crippen molar-refractivity contribution in [3.8, 4) is 0 Å². The van der Waals surface area contributed by atoms with Crippen molar-refractivity contribution in [2.75, 3.05) is 13.1 Å². The largest absolute Gasteiger partial charge is 0.350 e. The maximum absolute atomic E-state index is 14.2. The Bertz CT molecular complexity index is 1350. The van der Waals surface area contributed by atoms with Crippen molar-refractivity contribution >= 4 is 21.8 Å². The second-order valence-corrected chi connectivity index (χ2v) is 10.9. The van der Waals surface area contributed by atoms with Crippen molar-refractivity contribution < 1.29 is 35.6 Å². The van der Waals surface area contributed by atoms with Crippen molar-refractivity contribution in [1.29, 1.82) is 0 Å². The molecule has 1 aliphatic carbocycles. The number of fused-ring (bicyclic) bond motifs is 1. The van der Waals surface area contributed by atoms with E-state index in [1.807, 2.05) is 0 Å². The second-order valence-electron chi connectivity index (χ2n) is 9.38. The Hall–Kier alpha value is -3.03. The van der Waals surface area contributed by atoms with Gasteiger partial charge in [-0.1, -0.05) is 0 Å². The summed E-state index contributed by atoms with van der Waals surface area (Å²) in [7, 11) is -4.52. The maximum Gasteiger partial charge on any atom is 0.254 e. The summed E-state index contributed by atoms with van der Waals surface area (Å²) in [6.45, 7) is 0.353. The topological polar surface area (TPSA) is 136 Å². The number of amides is 2. The predicted octanol–water partition coefficient (Wildman–Crippen LogP) is 2.06. The molecule has 0 aromatic heterocycles. The monoisotopic (exact) mass is 542 g/mol. The fourth-order valence-corrected chi connectivity index (χ4v) is 5.75. The average molecular weight is 543 g/mol. The van der Waals surface area contributed by atoms with Crippen molar-refractivity contribution in [3.05, 3.63) is 64.2 Å². The van der Waals surface area contributed by atoms with Gasteiger partial charge >= 0.3 is 0 Å². The predicted molar refractivity (Wildman–Crippen MR) is 125 cm³/mol. The van der Waals surface area contributed by atoms with E-state index in [2.05, 4.69) is 5.32 Å². The smallest absolute Gasteiger partial charge is 0.254 e. The van der Waals surface area contributed by atoms with Gasteiger partial charge in [0.15, 0.2) is 11.6 Å². The highest BCUT2D eigenvalue weighted by atomic mass is 32.2. The van der Waals surface area contributed by atoms with E-state index in [1.165, 1.54) is 0 Å². The summed E-state index contributed by atoms with van der Waals surface area (Å²) in [6.07, 6.45) is 2.25. The molecule has 1 fully saturated rings. The molecule has 200 valence electrons. The van der Waals surface area contributed by atoms with E-state index in [0.717, 1.165) is 12.1 Å². The van der Waals surface area contributed by atoms with Crippen molar-refractivity contribution in [3.63, 3.8) is 0 Å². The quantitative estimate of drug-likeness (QED) is 0.461. The van der Waals surface area contributed by atoms with Gasteiger partial charge in [0.2, 0.25) is 15.9 Å². The van der Waals surface area contributed by atoms with Gasteiger partial charge in [0.05, 0.1) is 5.56 Å². The molecule has 2 aliphatic rings. The Morgan fingerprint density at radius 2 is 1.73 bits per heavy atom. The number of primary sulfonamides is 1. The van der Waals surface area contributed by atoms with E-state index in [1.54, 1.807) is 4.90 Å². The van der Waals surface area contributed by atoms with Gasteiger partial charge in [0.1, 0.15) is 16.5 Å². The van der Waals surface area contributed by atoms with Gasteiger partial charge in [-0.25, -0.2) is 31.1 Å². The third-order valence-electron chi connectivity index (χ3n) is 7.00. The first-order valence-electron chi connectivity index (χ1n) is 11.7. The van der Waals surface area contributed by atoms with Crippen LogP contribution in [0, 0.1) is 23.3 Å². The highest BCUT2D eigenvalue weighted by Gasteiger charge is 2.34. The highest BCUT2D eigenvalue weighted by molar-refractivity contribution is 7.89. The molecule has 8 nitrogen and oxygen atoms in total. The number of carbonyl (C=O) groups excluding carboxylic acids is 2. The molecular formula is C24H26F4N4O4S. The van der Waals surface area contributed by atoms with Gasteiger partial charge in [0.25, 0.3) is 5.91 Å². The summed E-state index contributed by atoms with van der Waals surface area (Å²) in [5.41, 5.74) is 6.88. The van der Waals surface area contributed by atoms with E-state index < -0.39 is 61.7 Å². The number of nitrogens with two attached hydrogens (primary N) is 2. The van der Waals surface area contributed by atoms with Crippen molar-refractivity contribution in [1.82, 2.24) is 10.2 Å². The van der Waals surface area contributed by atoms with Crippen LogP contribution < -0.4 is 16.2 Å². The molecular weight excluding hydrogens is 516 g/mol. The minimum Gasteiger partial charge on any atom is -0.350 e. The lowest BCUT2D eigenvalue weighted by Crippen LogP contribution is -2.45. The third-order valence-corrected chi connectivity index (χ3v) is 7.93. The standard InChI is InChI=1S/C24H26F4N4O4S/c25-17-9-20(28)22(37(30,35)36)8-16(17)24(34)31-11-13-2-1-5-32(13)23(33)10-21(29)14-4-3-12-6-18(26)19(27)7-15(12)14/h6-9,13-14,21H,1-5,10-11,29H2,(H,31,34)(H2,30,35,36)/t13-,14-,21-/m0/s1. The minimum atomic E-state index is -4.52. The van der Waals surface area contributed by atoms with Gasteiger partial charge < -0.3 is 16.0 Å². The summed E-state index contributed by atoms with van der Waals surface area (Å²) in [5, 5.41) is 7.37. The van der Waals surface area contributed by atoms with Crippen molar-refractivity contribution in [2.45, 2.75) is 55.0 Å². The lowest BCUT2D eigenvalue weighted by Gasteiger charge is -2.28. The van der Waals surface area contributed by atoms with Crippen LogP contribution in [0.4, 0.5) is 17.6 Å². The van der Waals surface area contributed by atoms with E-state index in [9.17, 15) is 35.6 Å². The van der Waals surface area contributed by atoms with Gasteiger partial charge in [-0.05, 0) is 55.0 Å². The number of hydrogen-bond donors (Lipinski definition) is 3. The first-order chi connectivity index (χ1) is 17.4. The molecule has 5 N–H and O–H groups in total. The Morgan fingerprint density at radius 1 is 1.03 bits per heavy atom. The molecule has 0 bridgehead atoms. The fraction of sp³-hybridized carbons (Fsp3) is 0.417. The third kappa shape index (κ3) is 5.63. The average Bonchev–Trinajstić information content (AvgIpc) is 3.44. The zero-order valence-corrected chi connectivity index (χ0v) is 20.5. The molecule has 2 amide bonds. The number of carbonyl (C=O) groups is 2. The van der Waals surface area contributed by atoms with Gasteiger partial charge in [-0.15, -0.1) is 0 Å². The number of benzene rings is 2. The van der Waals surface area contributed by atoms with Crippen LogP contribution in [0.3, 0.4) is 0 Å². The van der Waals surface area contributed by atoms with Crippen LogP contribution in [0.5, 0.6) is 0 Å². The van der Waals surface area contributed by atoms with Crippen LogP contribution in [0.1, 0.15) is 53.1 Å². The summed E-state index contributed by atoms with van der Waals surface area (Å²) >= 11 is 0. The number of nitrogens with zero attached hydrogens (tertiary/aromatic N) is 1. The normalized spacial score (nSPS) is 20.1. The summed E-state index contributed by atoms with van der Waals surface area (Å²) in [6, 6.07) is 2.04. The second kappa shape index (κ2) is 10.4. The molecule has 1 heterocycles. The first kappa shape index (κ1) is 27.0. The highest BCUT2D eigenvalue weighted by Crippen LogP contribution is 2.37. The molecule has 0 spiro atoms. The molecule has 0 radical (unpaired) electrons. The zero-order valence-electron chi connectivity index (χ0n) is 19.6. The summed E-state index contributed by atoms with van der Waals surface area (Å²) in [4.78, 5) is 26.1. The van der Waals surface area contributed by atoms with Crippen LogP contribution in [0.15, 0.2) is 29.2 Å². The van der Waals surface area contributed by atoms with Crippen LogP contribution in [0.25, 0.3) is 0 Å². The van der Waals surface area contributed by atoms with Gasteiger partial charge in [0, 0.05) is 43.6 Å². The van der Waals surface area contributed by atoms with Crippen LogP contribution >= 0.6 is 0 Å². The molecule has 0 saturated carbocycles. The maximum atomic E-state index is 14.2. The number of nitrogens with one attached hydrogen (secondary N) is 1. The molecule has 1 aliphatic heterocycles. The Morgan fingerprint density at radius 3 is 2.43 bits per heavy atom. The van der Waals surface area contributed by atoms with Crippen LogP contribution in [-0.4, -0.2) is 50.3 Å². The van der Waals surface area contributed by atoms with E-state index in [0.29, 0.717) is 49.4 Å². The number of hydrogen-bond acceptors (Lipinski definition) is 5. The molecule has 2 aromatic carbocycles. The number of halogens is 4. The van der Waals surface area contributed by atoms with Crippen LogP contribution in [0.2, 0.25) is 0 Å². The Labute approximate surface area is 211 Å². The molecule has 3 atom stereocenters. The van der Waals surface area contributed by atoms with Crippen LogP contribution in [-0.2, 0) is 21.2 Å². The lowest BCUT2D eigenvalue weighted by molar-refractivity contribution is -0.132. The number of sulfonamides is 1. The fourth-order valence-electron chi connectivity index (χ4n) is 5.14. The molecule has 4 rings (SSSR count). The Kier molecular flexibility index (Phi) is 7.58.